The molecule has 0 unspecified atom stereocenters. The second kappa shape index (κ2) is 7.36. The topological polar surface area (TPSA) is 60.0 Å². The summed E-state index contributed by atoms with van der Waals surface area (Å²) in [6.07, 6.45) is 0. The van der Waals surface area contributed by atoms with Crippen molar-refractivity contribution in [3.05, 3.63) is 47.5 Å². The molecular weight excluding hydrogens is 326 g/mol. The average Bonchev–Trinajstić information content (AvgIpc) is 3.07. The average molecular weight is 344 g/mol. The summed E-state index contributed by atoms with van der Waals surface area (Å²) in [5.41, 5.74) is 1.66. The first-order valence-electron chi connectivity index (χ1n) is 7.80. The lowest BCUT2D eigenvalue weighted by atomic mass is 10.2. The molecule has 3 rings (SSSR count). The molecule has 0 atom stereocenters. The van der Waals surface area contributed by atoms with Gasteiger partial charge in [0.2, 0.25) is 0 Å². The van der Waals surface area contributed by atoms with Gasteiger partial charge in [-0.1, -0.05) is 23.7 Å². The molecule has 124 valence electrons. The van der Waals surface area contributed by atoms with E-state index in [0.717, 1.165) is 11.1 Å². The normalized spacial score (nSPS) is 10.6. The van der Waals surface area contributed by atoms with E-state index in [0.29, 0.717) is 41.4 Å². The molecule has 24 heavy (non-hydrogen) atoms. The maximum Gasteiger partial charge on any atom is 0.181 e. The van der Waals surface area contributed by atoms with E-state index in [1.54, 1.807) is 0 Å². The van der Waals surface area contributed by atoms with Gasteiger partial charge in [0.25, 0.3) is 0 Å². The quantitative estimate of drug-likeness (QED) is 0.711. The van der Waals surface area contributed by atoms with Crippen LogP contribution in [0.1, 0.15) is 13.8 Å². The second-order valence-electron chi connectivity index (χ2n) is 5.02. The van der Waals surface area contributed by atoms with Crippen molar-refractivity contribution in [2.24, 2.45) is 0 Å². The molecule has 5 nitrogen and oxygen atoms in total. The largest absolute Gasteiger partial charge is 0.490 e. The van der Waals surface area contributed by atoms with Gasteiger partial charge in [0.15, 0.2) is 23.1 Å². The Kier molecular flexibility index (Phi) is 5.01. The molecule has 1 N–H and O–H groups in total. The Morgan fingerprint density at radius 2 is 1.75 bits per heavy atom. The smallest absolute Gasteiger partial charge is 0.181 e. The third-order valence-electron chi connectivity index (χ3n) is 3.42. The molecule has 0 radical (unpaired) electrons. The molecule has 6 heteroatoms. The number of nitrogens with zero attached hydrogens (tertiary/aromatic N) is 2. The molecule has 3 aromatic rings. The monoisotopic (exact) mass is 343 g/mol. The van der Waals surface area contributed by atoms with Gasteiger partial charge in [-0.3, -0.25) is 5.10 Å². The van der Waals surface area contributed by atoms with Crippen LogP contribution < -0.4 is 9.47 Å². The fraction of sp³-hybridized carbons (Fsp3) is 0.222. The molecule has 0 spiro atoms. The third kappa shape index (κ3) is 3.36. The molecule has 0 aliphatic carbocycles. The van der Waals surface area contributed by atoms with Crippen LogP contribution in [-0.2, 0) is 0 Å². The molecule has 1 heterocycles. The highest BCUT2D eigenvalue weighted by Crippen LogP contribution is 2.33. The third-order valence-corrected chi connectivity index (χ3v) is 3.75. The number of H-pyrrole nitrogens is 1. The summed E-state index contributed by atoms with van der Waals surface area (Å²) in [5.74, 6) is 2.60. The zero-order valence-corrected chi connectivity index (χ0v) is 14.3. The first-order chi connectivity index (χ1) is 11.7. The van der Waals surface area contributed by atoms with Gasteiger partial charge >= 0.3 is 0 Å². The van der Waals surface area contributed by atoms with Gasteiger partial charge in [-0.2, -0.15) is 5.10 Å². The van der Waals surface area contributed by atoms with E-state index in [9.17, 15) is 0 Å². The van der Waals surface area contributed by atoms with E-state index in [4.69, 9.17) is 21.1 Å². The lowest BCUT2D eigenvalue weighted by molar-refractivity contribution is 0.288. The van der Waals surface area contributed by atoms with E-state index in [1.165, 1.54) is 0 Å². The Bertz CT molecular complexity index is 833. The highest BCUT2D eigenvalue weighted by atomic mass is 35.5. The second-order valence-corrected chi connectivity index (χ2v) is 5.42. The molecule has 0 aliphatic rings. The Morgan fingerprint density at radius 3 is 2.50 bits per heavy atom. The van der Waals surface area contributed by atoms with Crippen LogP contribution in [0.2, 0.25) is 5.02 Å². The molecule has 1 aromatic heterocycles. The predicted octanol–water partition coefficient (Wildman–Crippen LogP) is 4.59. The van der Waals surface area contributed by atoms with Crippen molar-refractivity contribution in [2.45, 2.75) is 13.8 Å². The van der Waals surface area contributed by atoms with Crippen LogP contribution in [0.4, 0.5) is 0 Å². The van der Waals surface area contributed by atoms with Crippen molar-refractivity contribution in [1.82, 2.24) is 15.2 Å². The highest BCUT2D eigenvalue weighted by molar-refractivity contribution is 6.33. The lowest BCUT2D eigenvalue weighted by Crippen LogP contribution is -1.98. The van der Waals surface area contributed by atoms with Crippen molar-refractivity contribution in [3.63, 3.8) is 0 Å². The molecule has 0 fully saturated rings. The maximum absolute atomic E-state index is 6.21. The fourth-order valence-corrected chi connectivity index (χ4v) is 2.58. The Labute approximate surface area is 145 Å². The number of benzene rings is 2. The molecule has 0 saturated carbocycles. The molecular formula is C18H18ClN3O2. The summed E-state index contributed by atoms with van der Waals surface area (Å²) in [4.78, 5) is 4.54. The Hall–Kier alpha value is -2.53. The number of ether oxygens (including phenoxy) is 2. The van der Waals surface area contributed by atoms with E-state index in [1.807, 2.05) is 56.3 Å². The molecule has 0 bridgehead atoms. The van der Waals surface area contributed by atoms with Crippen LogP contribution in [0.3, 0.4) is 0 Å². The van der Waals surface area contributed by atoms with E-state index in [-0.39, 0.29) is 0 Å². The lowest BCUT2D eigenvalue weighted by Gasteiger charge is -2.11. The van der Waals surface area contributed by atoms with Gasteiger partial charge in [0.05, 0.1) is 18.2 Å². The number of aromatic amines is 1. The van der Waals surface area contributed by atoms with Gasteiger partial charge in [0.1, 0.15) is 0 Å². The van der Waals surface area contributed by atoms with Crippen molar-refractivity contribution < 1.29 is 9.47 Å². The molecule has 2 aromatic carbocycles. The van der Waals surface area contributed by atoms with Crippen LogP contribution in [-0.4, -0.2) is 28.4 Å². The summed E-state index contributed by atoms with van der Waals surface area (Å²) < 4.78 is 11.2. The number of hydrogen-bond acceptors (Lipinski definition) is 4. The van der Waals surface area contributed by atoms with Crippen LogP contribution in [0.15, 0.2) is 42.5 Å². The Balaban J connectivity index is 1.95. The summed E-state index contributed by atoms with van der Waals surface area (Å²) in [5, 5.41) is 7.85. The summed E-state index contributed by atoms with van der Waals surface area (Å²) in [6.45, 7) is 5.01. The van der Waals surface area contributed by atoms with Crippen LogP contribution in [0.25, 0.3) is 22.8 Å². The standard InChI is InChI=1S/C18H18ClN3O2/c1-3-23-15-10-9-12(11-16(15)24-4-2)17-20-18(22-21-17)13-7-5-6-8-14(13)19/h5-11H,3-4H2,1-2H3,(H,20,21,22). The van der Waals surface area contributed by atoms with E-state index in [2.05, 4.69) is 15.2 Å². The number of rotatable bonds is 6. The number of halogens is 1. The van der Waals surface area contributed by atoms with Crippen molar-refractivity contribution in [3.8, 4) is 34.3 Å². The van der Waals surface area contributed by atoms with Crippen molar-refractivity contribution in [2.75, 3.05) is 13.2 Å². The van der Waals surface area contributed by atoms with Crippen molar-refractivity contribution in [1.29, 1.82) is 0 Å². The molecule has 0 saturated heterocycles. The van der Waals surface area contributed by atoms with Crippen LogP contribution in [0, 0.1) is 0 Å². The first-order valence-corrected chi connectivity index (χ1v) is 8.18. The van der Waals surface area contributed by atoms with Gasteiger partial charge in [0, 0.05) is 11.1 Å². The zero-order chi connectivity index (χ0) is 16.9. The summed E-state index contributed by atoms with van der Waals surface area (Å²) in [7, 11) is 0. The SMILES string of the molecule is CCOc1ccc(-c2n[nH]c(-c3ccccc3Cl)n2)cc1OCC. The Morgan fingerprint density at radius 1 is 1.00 bits per heavy atom. The predicted molar refractivity (Wildman–Crippen MR) is 94.6 cm³/mol. The van der Waals surface area contributed by atoms with Gasteiger partial charge in [-0.25, -0.2) is 4.98 Å². The maximum atomic E-state index is 6.21. The van der Waals surface area contributed by atoms with Crippen LogP contribution in [0.5, 0.6) is 11.5 Å². The van der Waals surface area contributed by atoms with Gasteiger partial charge in [-0.15, -0.1) is 0 Å². The van der Waals surface area contributed by atoms with E-state index < -0.39 is 0 Å². The first kappa shape index (κ1) is 16.3. The minimum atomic E-state index is 0.558. The minimum absolute atomic E-state index is 0.558. The van der Waals surface area contributed by atoms with Crippen molar-refractivity contribution >= 4 is 11.6 Å². The zero-order valence-electron chi connectivity index (χ0n) is 13.5. The number of nitrogens with one attached hydrogen (secondary N) is 1. The molecule has 0 aliphatic heterocycles. The van der Waals surface area contributed by atoms with Crippen LogP contribution >= 0.6 is 11.6 Å². The minimum Gasteiger partial charge on any atom is -0.490 e. The number of aromatic nitrogens is 3. The molecule has 0 amide bonds. The number of hydrogen-bond donors (Lipinski definition) is 1. The van der Waals surface area contributed by atoms with Gasteiger partial charge < -0.3 is 9.47 Å². The fourth-order valence-electron chi connectivity index (χ4n) is 2.35. The van der Waals surface area contributed by atoms with Gasteiger partial charge in [-0.05, 0) is 44.2 Å². The summed E-state index contributed by atoms with van der Waals surface area (Å²) in [6, 6.07) is 13.2. The summed E-state index contributed by atoms with van der Waals surface area (Å²) >= 11 is 6.21. The van der Waals surface area contributed by atoms with E-state index >= 15 is 0 Å². The highest BCUT2D eigenvalue weighted by Gasteiger charge is 2.13.